The Hall–Kier alpha value is -3.78. The molecule has 0 unspecified atom stereocenters. The maximum atomic E-state index is 14.7. The topological polar surface area (TPSA) is 72.4 Å². The van der Waals surface area contributed by atoms with Gasteiger partial charge in [-0.05, 0) is 56.3 Å². The average Bonchev–Trinajstić information content (AvgIpc) is 2.86. The third kappa shape index (κ3) is 5.07. The Kier molecular flexibility index (Phi) is 6.49. The largest absolute Gasteiger partial charge is 0.489 e. The van der Waals surface area contributed by atoms with Gasteiger partial charge in [0.1, 0.15) is 30.6 Å². The van der Waals surface area contributed by atoms with Crippen molar-refractivity contribution in [3.63, 3.8) is 0 Å². The highest BCUT2D eigenvalue weighted by molar-refractivity contribution is 5.95. The molecule has 0 radical (unpaired) electrons. The van der Waals surface area contributed by atoms with Crippen molar-refractivity contribution in [2.75, 3.05) is 25.5 Å². The summed E-state index contributed by atoms with van der Waals surface area (Å²) in [6.07, 6.45) is 5.25. The number of pyridine rings is 1. The summed E-state index contributed by atoms with van der Waals surface area (Å²) < 4.78 is 26.7. The molecule has 0 amide bonds. The molecule has 0 aliphatic carbocycles. The Morgan fingerprint density at radius 2 is 1.88 bits per heavy atom. The smallest absolute Gasteiger partial charge is 0.167 e. The second-order valence-corrected chi connectivity index (χ2v) is 8.37. The molecular formula is C26H26FN5O2. The maximum absolute atomic E-state index is 14.7. The molecule has 0 bridgehead atoms. The molecule has 8 heteroatoms. The zero-order valence-electron chi connectivity index (χ0n) is 18.9. The molecule has 2 aromatic heterocycles. The van der Waals surface area contributed by atoms with E-state index in [4.69, 9.17) is 9.47 Å². The lowest BCUT2D eigenvalue weighted by Crippen LogP contribution is -2.35. The van der Waals surface area contributed by atoms with Gasteiger partial charge in [0.2, 0.25) is 0 Å². The molecule has 0 spiro atoms. The van der Waals surface area contributed by atoms with Crippen molar-refractivity contribution in [1.82, 2.24) is 19.9 Å². The van der Waals surface area contributed by atoms with Crippen molar-refractivity contribution in [3.8, 4) is 11.5 Å². The number of anilines is 2. The van der Waals surface area contributed by atoms with Gasteiger partial charge in [0.25, 0.3) is 0 Å². The lowest BCUT2D eigenvalue weighted by molar-refractivity contribution is 0.116. The molecule has 34 heavy (non-hydrogen) atoms. The summed E-state index contributed by atoms with van der Waals surface area (Å²) in [4.78, 5) is 15.3. The molecule has 174 valence electrons. The summed E-state index contributed by atoms with van der Waals surface area (Å²) in [5.74, 6) is 0.984. The van der Waals surface area contributed by atoms with E-state index in [2.05, 4.69) is 32.2 Å². The minimum atomic E-state index is -0.470. The van der Waals surface area contributed by atoms with Crippen LogP contribution in [-0.2, 0) is 6.61 Å². The molecule has 3 heterocycles. The third-order valence-corrected chi connectivity index (χ3v) is 5.88. The predicted octanol–water partition coefficient (Wildman–Crippen LogP) is 4.96. The SMILES string of the molecule is CN1CCC(Oc2cccc3ncnc(Nc4ccc(OCc5ccccn5)c(F)c4)c23)CC1. The molecule has 1 aliphatic rings. The minimum Gasteiger partial charge on any atom is -0.489 e. The van der Waals surface area contributed by atoms with E-state index in [0.29, 0.717) is 11.5 Å². The second-order valence-electron chi connectivity index (χ2n) is 8.37. The third-order valence-electron chi connectivity index (χ3n) is 5.88. The van der Waals surface area contributed by atoms with Crippen LogP contribution < -0.4 is 14.8 Å². The van der Waals surface area contributed by atoms with E-state index in [1.165, 1.54) is 12.4 Å². The summed E-state index contributed by atoms with van der Waals surface area (Å²) in [6, 6.07) is 16.0. The van der Waals surface area contributed by atoms with E-state index in [0.717, 1.165) is 48.3 Å². The molecule has 1 saturated heterocycles. The zero-order chi connectivity index (χ0) is 23.3. The fraction of sp³-hybridized carbons (Fsp3) is 0.269. The van der Waals surface area contributed by atoms with Crippen molar-refractivity contribution in [2.24, 2.45) is 0 Å². The lowest BCUT2D eigenvalue weighted by Gasteiger charge is -2.29. The normalized spacial score (nSPS) is 14.8. The lowest BCUT2D eigenvalue weighted by atomic mass is 10.1. The van der Waals surface area contributed by atoms with Gasteiger partial charge in [-0.2, -0.15) is 0 Å². The first-order chi connectivity index (χ1) is 16.7. The Bertz CT molecular complexity index is 1260. The summed E-state index contributed by atoms with van der Waals surface area (Å²) >= 11 is 0. The van der Waals surface area contributed by atoms with E-state index in [1.54, 1.807) is 18.3 Å². The van der Waals surface area contributed by atoms with E-state index in [-0.39, 0.29) is 18.5 Å². The molecule has 1 N–H and O–H groups in total. The molecule has 5 rings (SSSR count). The van der Waals surface area contributed by atoms with Crippen LogP contribution in [-0.4, -0.2) is 46.1 Å². The van der Waals surface area contributed by atoms with Gasteiger partial charge in [0.15, 0.2) is 11.6 Å². The van der Waals surface area contributed by atoms with Crippen LogP contribution in [0.15, 0.2) is 67.1 Å². The van der Waals surface area contributed by atoms with Crippen molar-refractivity contribution >= 4 is 22.4 Å². The van der Waals surface area contributed by atoms with Gasteiger partial charge in [0.05, 0.1) is 16.6 Å². The first-order valence-corrected chi connectivity index (χ1v) is 11.3. The van der Waals surface area contributed by atoms with Crippen molar-refractivity contribution in [2.45, 2.75) is 25.6 Å². The molecule has 7 nitrogen and oxygen atoms in total. The standard InChI is InChI=1S/C26H26FN5O2/c1-32-13-10-20(11-14-32)34-24-7-4-6-22-25(24)26(30-17-29-22)31-18-8-9-23(21(27)15-18)33-16-19-5-2-3-12-28-19/h2-9,12,15,17,20H,10-11,13-14,16H2,1H3,(H,29,30,31). The van der Waals surface area contributed by atoms with Gasteiger partial charge in [-0.25, -0.2) is 14.4 Å². The van der Waals surface area contributed by atoms with Crippen LogP contribution in [0, 0.1) is 5.82 Å². The van der Waals surface area contributed by atoms with Gasteiger partial charge in [-0.1, -0.05) is 12.1 Å². The van der Waals surface area contributed by atoms with Crippen molar-refractivity contribution < 1.29 is 13.9 Å². The number of halogens is 1. The number of aromatic nitrogens is 3. The average molecular weight is 460 g/mol. The van der Waals surface area contributed by atoms with Crippen LogP contribution in [0.5, 0.6) is 11.5 Å². The zero-order valence-corrected chi connectivity index (χ0v) is 18.9. The summed E-state index contributed by atoms with van der Waals surface area (Å²) in [5, 5.41) is 4.00. The van der Waals surface area contributed by atoms with Crippen LogP contribution in [0.4, 0.5) is 15.9 Å². The van der Waals surface area contributed by atoms with Crippen LogP contribution in [0.2, 0.25) is 0 Å². The van der Waals surface area contributed by atoms with E-state index < -0.39 is 5.82 Å². The molecule has 2 aromatic carbocycles. The highest BCUT2D eigenvalue weighted by Crippen LogP contribution is 2.34. The number of hydrogen-bond acceptors (Lipinski definition) is 7. The number of likely N-dealkylation sites (tertiary alicyclic amines) is 1. The Morgan fingerprint density at radius 1 is 1.00 bits per heavy atom. The van der Waals surface area contributed by atoms with Gasteiger partial charge in [-0.15, -0.1) is 0 Å². The van der Waals surface area contributed by atoms with Gasteiger partial charge in [0, 0.05) is 31.0 Å². The van der Waals surface area contributed by atoms with Gasteiger partial charge in [-0.3, -0.25) is 4.98 Å². The number of benzene rings is 2. The number of rotatable bonds is 7. The van der Waals surface area contributed by atoms with Crippen molar-refractivity contribution in [3.05, 3.63) is 78.6 Å². The molecule has 1 aliphatic heterocycles. The molecule has 1 fully saturated rings. The number of nitrogens with zero attached hydrogens (tertiary/aromatic N) is 4. The molecule has 4 aromatic rings. The first-order valence-electron chi connectivity index (χ1n) is 11.3. The summed E-state index contributed by atoms with van der Waals surface area (Å²) in [7, 11) is 2.12. The Labute approximate surface area is 197 Å². The van der Waals surface area contributed by atoms with E-state index in [9.17, 15) is 4.39 Å². The Balaban J connectivity index is 1.35. The molecule has 0 atom stereocenters. The minimum absolute atomic E-state index is 0.142. The van der Waals surface area contributed by atoms with Crippen LogP contribution in [0.1, 0.15) is 18.5 Å². The summed E-state index contributed by atoms with van der Waals surface area (Å²) in [6.45, 7) is 2.20. The van der Waals surface area contributed by atoms with Gasteiger partial charge >= 0.3 is 0 Å². The number of nitrogens with one attached hydrogen (secondary N) is 1. The molecular weight excluding hydrogens is 433 g/mol. The predicted molar refractivity (Wildman–Crippen MR) is 129 cm³/mol. The second kappa shape index (κ2) is 10.0. The van der Waals surface area contributed by atoms with E-state index in [1.807, 2.05) is 36.4 Å². The first kappa shape index (κ1) is 22.0. The van der Waals surface area contributed by atoms with Crippen LogP contribution in [0.3, 0.4) is 0 Å². The quantitative estimate of drug-likeness (QED) is 0.419. The van der Waals surface area contributed by atoms with Crippen LogP contribution >= 0.6 is 0 Å². The highest BCUT2D eigenvalue weighted by Gasteiger charge is 2.20. The number of hydrogen-bond donors (Lipinski definition) is 1. The fourth-order valence-electron chi connectivity index (χ4n) is 4.02. The van der Waals surface area contributed by atoms with Gasteiger partial charge < -0.3 is 19.7 Å². The fourth-order valence-corrected chi connectivity index (χ4v) is 4.02. The van der Waals surface area contributed by atoms with Crippen molar-refractivity contribution in [1.29, 1.82) is 0 Å². The Morgan fingerprint density at radius 3 is 2.68 bits per heavy atom. The number of ether oxygens (including phenoxy) is 2. The maximum Gasteiger partial charge on any atom is 0.167 e. The van der Waals surface area contributed by atoms with Crippen LogP contribution in [0.25, 0.3) is 10.9 Å². The summed E-state index contributed by atoms with van der Waals surface area (Å²) in [5.41, 5.74) is 2.05. The number of fused-ring (bicyclic) bond motifs is 1. The van der Waals surface area contributed by atoms with E-state index >= 15 is 0 Å². The highest BCUT2D eigenvalue weighted by atomic mass is 19.1. The monoisotopic (exact) mass is 459 g/mol. The molecule has 0 saturated carbocycles. The number of piperidine rings is 1.